The Bertz CT molecular complexity index is 747. The molecule has 0 bridgehead atoms. The third-order valence-corrected chi connectivity index (χ3v) is 3.49. The second-order valence-electron chi connectivity index (χ2n) is 4.77. The highest BCUT2D eigenvalue weighted by atomic mass is 35.5. The van der Waals surface area contributed by atoms with E-state index in [0.29, 0.717) is 17.8 Å². The second kappa shape index (κ2) is 5.25. The Kier molecular flexibility index (Phi) is 3.45. The molecule has 1 heterocycles. The van der Waals surface area contributed by atoms with Crippen molar-refractivity contribution in [2.45, 2.75) is 13.3 Å². The Balaban J connectivity index is 2.25. The van der Waals surface area contributed by atoms with E-state index in [0.717, 1.165) is 17.0 Å². The normalized spacial score (nSPS) is 11.2. The lowest BCUT2D eigenvalue weighted by atomic mass is 10.2. The molecule has 0 saturated heterocycles. The quantitative estimate of drug-likeness (QED) is 0.659. The lowest BCUT2D eigenvalue weighted by molar-refractivity contribution is 0.629. The van der Waals surface area contributed by atoms with Crippen molar-refractivity contribution in [1.82, 2.24) is 9.55 Å². The maximum absolute atomic E-state index is 13.3. The van der Waals surface area contributed by atoms with Crippen molar-refractivity contribution >= 4 is 22.6 Å². The molecule has 3 rings (SSSR count). The van der Waals surface area contributed by atoms with Crippen LogP contribution in [-0.4, -0.2) is 15.4 Å². The number of aromatic nitrogens is 2. The monoisotopic (exact) mass is 288 g/mol. The number of aryl methyl sites for hydroxylation is 2. The summed E-state index contributed by atoms with van der Waals surface area (Å²) in [5.74, 6) is 1.06. The molecule has 0 aliphatic heterocycles. The average Bonchev–Trinajstić information content (AvgIpc) is 2.77. The van der Waals surface area contributed by atoms with Crippen LogP contribution in [-0.2, 0) is 6.42 Å². The molecular formula is C16H14ClFN2. The average molecular weight is 289 g/mol. The van der Waals surface area contributed by atoms with Gasteiger partial charge in [0.15, 0.2) is 0 Å². The van der Waals surface area contributed by atoms with Crippen LogP contribution in [0.3, 0.4) is 0 Å². The van der Waals surface area contributed by atoms with Crippen molar-refractivity contribution in [3.63, 3.8) is 0 Å². The molecule has 0 amide bonds. The highest BCUT2D eigenvalue weighted by molar-refractivity contribution is 6.17. The zero-order valence-electron chi connectivity index (χ0n) is 11.1. The maximum Gasteiger partial charge on any atom is 0.125 e. The molecule has 20 heavy (non-hydrogen) atoms. The van der Waals surface area contributed by atoms with Gasteiger partial charge in [-0.2, -0.15) is 0 Å². The Morgan fingerprint density at radius 3 is 2.60 bits per heavy atom. The number of halogens is 2. The van der Waals surface area contributed by atoms with E-state index >= 15 is 0 Å². The maximum atomic E-state index is 13.3. The van der Waals surface area contributed by atoms with Crippen molar-refractivity contribution < 1.29 is 4.39 Å². The van der Waals surface area contributed by atoms with Crippen LogP contribution in [0.4, 0.5) is 4.39 Å². The van der Waals surface area contributed by atoms with E-state index in [-0.39, 0.29) is 5.82 Å². The summed E-state index contributed by atoms with van der Waals surface area (Å²) in [6.07, 6.45) is 0.645. The highest BCUT2D eigenvalue weighted by Gasteiger charge is 2.12. The SMILES string of the molecule is Cc1ccc(-n2c(CCCl)nc3cc(F)ccc32)cc1. The van der Waals surface area contributed by atoms with Crippen LogP contribution in [0.15, 0.2) is 42.5 Å². The molecule has 0 atom stereocenters. The number of imidazole rings is 1. The molecule has 0 unspecified atom stereocenters. The summed E-state index contributed by atoms with van der Waals surface area (Å²) >= 11 is 5.85. The zero-order valence-corrected chi connectivity index (χ0v) is 11.9. The topological polar surface area (TPSA) is 17.8 Å². The van der Waals surface area contributed by atoms with Crippen molar-refractivity contribution in [3.8, 4) is 5.69 Å². The summed E-state index contributed by atoms with van der Waals surface area (Å²) in [5, 5.41) is 0. The Labute approximate surface area is 121 Å². The Hall–Kier alpha value is -1.87. The van der Waals surface area contributed by atoms with Gasteiger partial charge in [-0.1, -0.05) is 17.7 Å². The van der Waals surface area contributed by atoms with E-state index in [1.54, 1.807) is 6.07 Å². The molecule has 0 N–H and O–H groups in total. The van der Waals surface area contributed by atoms with E-state index in [1.807, 2.05) is 23.6 Å². The predicted molar refractivity (Wildman–Crippen MR) is 80.2 cm³/mol. The number of alkyl halides is 1. The number of benzene rings is 2. The van der Waals surface area contributed by atoms with E-state index < -0.39 is 0 Å². The van der Waals surface area contributed by atoms with Gasteiger partial charge in [0.2, 0.25) is 0 Å². The van der Waals surface area contributed by atoms with Gasteiger partial charge >= 0.3 is 0 Å². The van der Waals surface area contributed by atoms with E-state index in [9.17, 15) is 4.39 Å². The van der Waals surface area contributed by atoms with Crippen LogP contribution in [0.1, 0.15) is 11.4 Å². The summed E-state index contributed by atoms with van der Waals surface area (Å²) in [7, 11) is 0. The first kappa shape index (κ1) is 13.1. The van der Waals surface area contributed by atoms with Gasteiger partial charge in [-0.25, -0.2) is 9.37 Å². The minimum Gasteiger partial charge on any atom is -0.296 e. The second-order valence-corrected chi connectivity index (χ2v) is 5.15. The van der Waals surface area contributed by atoms with Crippen molar-refractivity contribution in [1.29, 1.82) is 0 Å². The first-order valence-electron chi connectivity index (χ1n) is 6.49. The molecule has 0 aliphatic carbocycles. The fourth-order valence-electron chi connectivity index (χ4n) is 2.34. The molecule has 0 aliphatic rings. The molecule has 102 valence electrons. The minimum absolute atomic E-state index is 0.275. The van der Waals surface area contributed by atoms with Gasteiger partial charge in [0.25, 0.3) is 0 Å². The molecule has 2 nitrogen and oxygen atoms in total. The summed E-state index contributed by atoms with van der Waals surface area (Å²) in [5.41, 5.74) is 3.77. The molecule has 0 fully saturated rings. The molecule has 0 saturated carbocycles. The molecule has 2 aromatic carbocycles. The summed E-state index contributed by atoms with van der Waals surface area (Å²) in [6.45, 7) is 2.05. The van der Waals surface area contributed by atoms with Crippen LogP contribution in [0.2, 0.25) is 0 Å². The van der Waals surface area contributed by atoms with Crippen molar-refractivity contribution in [2.75, 3.05) is 5.88 Å². The number of hydrogen-bond acceptors (Lipinski definition) is 1. The number of fused-ring (bicyclic) bond motifs is 1. The van der Waals surface area contributed by atoms with Gasteiger partial charge in [-0.3, -0.25) is 4.57 Å². The predicted octanol–water partition coefficient (Wildman–Crippen LogP) is 4.25. The fourth-order valence-corrected chi connectivity index (χ4v) is 2.51. The van der Waals surface area contributed by atoms with Crippen LogP contribution >= 0.6 is 11.6 Å². The van der Waals surface area contributed by atoms with Gasteiger partial charge in [0.05, 0.1) is 11.0 Å². The Morgan fingerprint density at radius 1 is 1.15 bits per heavy atom. The van der Waals surface area contributed by atoms with Crippen LogP contribution in [0.5, 0.6) is 0 Å². The smallest absolute Gasteiger partial charge is 0.125 e. The third kappa shape index (κ3) is 2.29. The van der Waals surface area contributed by atoms with Crippen LogP contribution < -0.4 is 0 Å². The lowest BCUT2D eigenvalue weighted by Gasteiger charge is -2.09. The molecule has 3 aromatic rings. The lowest BCUT2D eigenvalue weighted by Crippen LogP contribution is -2.02. The van der Waals surface area contributed by atoms with Crippen LogP contribution in [0.25, 0.3) is 16.7 Å². The van der Waals surface area contributed by atoms with Gasteiger partial charge in [0.1, 0.15) is 11.6 Å². The Morgan fingerprint density at radius 2 is 1.90 bits per heavy atom. The third-order valence-electron chi connectivity index (χ3n) is 3.30. The van der Waals surface area contributed by atoms with Gasteiger partial charge in [0, 0.05) is 24.1 Å². The van der Waals surface area contributed by atoms with E-state index in [4.69, 9.17) is 11.6 Å². The van der Waals surface area contributed by atoms with Gasteiger partial charge in [-0.05, 0) is 31.2 Å². The number of nitrogens with zero attached hydrogens (tertiary/aromatic N) is 2. The van der Waals surface area contributed by atoms with E-state index in [1.165, 1.54) is 17.7 Å². The first-order chi connectivity index (χ1) is 9.69. The number of rotatable bonds is 3. The van der Waals surface area contributed by atoms with E-state index in [2.05, 4.69) is 17.1 Å². The minimum atomic E-state index is -0.275. The van der Waals surface area contributed by atoms with Crippen LogP contribution in [0, 0.1) is 12.7 Å². The van der Waals surface area contributed by atoms with Crippen molar-refractivity contribution in [3.05, 3.63) is 59.7 Å². The molecule has 1 aromatic heterocycles. The summed E-state index contributed by atoms with van der Waals surface area (Å²) < 4.78 is 15.4. The molecule has 4 heteroatoms. The first-order valence-corrected chi connectivity index (χ1v) is 7.02. The standard InChI is InChI=1S/C16H14ClFN2/c1-11-2-5-13(6-3-11)20-15-7-4-12(18)10-14(15)19-16(20)8-9-17/h2-7,10H,8-9H2,1H3. The van der Waals surface area contributed by atoms with Gasteiger partial charge in [-0.15, -0.1) is 11.6 Å². The molecule has 0 spiro atoms. The molecule has 0 radical (unpaired) electrons. The fraction of sp³-hybridized carbons (Fsp3) is 0.188. The largest absolute Gasteiger partial charge is 0.296 e. The number of hydrogen-bond donors (Lipinski definition) is 0. The van der Waals surface area contributed by atoms with Crippen molar-refractivity contribution in [2.24, 2.45) is 0 Å². The molecular weight excluding hydrogens is 275 g/mol. The zero-order chi connectivity index (χ0) is 14.1. The summed E-state index contributed by atoms with van der Waals surface area (Å²) in [6, 6.07) is 12.9. The van der Waals surface area contributed by atoms with Gasteiger partial charge < -0.3 is 0 Å². The highest BCUT2D eigenvalue weighted by Crippen LogP contribution is 2.23. The summed E-state index contributed by atoms with van der Waals surface area (Å²) in [4.78, 5) is 4.50.